The molecule has 0 fully saturated rings. The van der Waals surface area contributed by atoms with E-state index in [1.807, 2.05) is 0 Å². The molecular formula is C17H23ClN4O4S. The summed E-state index contributed by atoms with van der Waals surface area (Å²) < 4.78 is 31.5. The fourth-order valence-corrected chi connectivity index (χ4v) is 3.86. The van der Waals surface area contributed by atoms with E-state index in [1.54, 1.807) is 20.8 Å². The Balaban J connectivity index is 2.05. The Hall–Kier alpha value is -1.97. The number of aromatic nitrogens is 2. The minimum Gasteiger partial charge on any atom is -0.352 e. The van der Waals surface area contributed by atoms with Crippen LogP contribution in [0.3, 0.4) is 0 Å². The van der Waals surface area contributed by atoms with Crippen molar-refractivity contribution in [3.63, 3.8) is 0 Å². The highest BCUT2D eigenvalue weighted by atomic mass is 35.5. The van der Waals surface area contributed by atoms with Crippen molar-refractivity contribution in [2.75, 3.05) is 13.6 Å². The van der Waals surface area contributed by atoms with Crippen molar-refractivity contribution in [2.45, 2.75) is 44.6 Å². The zero-order valence-corrected chi connectivity index (χ0v) is 17.3. The van der Waals surface area contributed by atoms with Crippen molar-refractivity contribution < 1.29 is 17.7 Å². The van der Waals surface area contributed by atoms with Gasteiger partial charge in [-0.2, -0.15) is 9.29 Å². The molecule has 0 unspecified atom stereocenters. The minimum absolute atomic E-state index is 0.0228. The molecule has 0 bridgehead atoms. The van der Waals surface area contributed by atoms with Crippen LogP contribution >= 0.6 is 11.6 Å². The zero-order chi connectivity index (χ0) is 20.2. The van der Waals surface area contributed by atoms with Gasteiger partial charge in [0, 0.05) is 26.1 Å². The van der Waals surface area contributed by atoms with Crippen molar-refractivity contribution >= 4 is 27.5 Å². The van der Waals surface area contributed by atoms with Crippen LogP contribution < -0.4 is 5.32 Å². The smallest absolute Gasteiger partial charge is 0.252 e. The monoisotopic (exact) mass is 414 g/mol. The van der Waals surface area contributed by atoms with Crippen LogP contribution in [0.5, 0.6) is 0 Å². The normalized spacial score (nSPS) is 12.0. The van der Waals surface area contributed by atoms with Crippen molar-refractivity contribution in [3.05, 3.63) is 40.5 Å². The number of nitrogens with one attached hydrogen (secondary N) is 1. The molecule has 0 spiro atoms. The predicted molar refractivity (Wildman–Crippen MR) is 101 cm³/mol. The third kappa shape index (κ3) is 5.27. The summed E-state index contributed by atoms with van der Waals surface area (Å²) in [5.74, 6) is 0.626. The lowest BCUT2D eigenvalue weighted by atomic mass is 10.2. The SMILES string of the molecule is Cc1noc(CCCNC(=O)c2cc(S(=O)(=O)N(C)C(C)C)ccc2Cl)n1. The summed E-state index contributed by atoms with van der Waals surface area (Å²) in [5.41, 5.74) is 0.114. The van der Waals surface area contributed by atoms with Gasteiger partial charge < -0.3 is 9.84 Å². The lowest BCUT2D eigenvalue weighted by Gasteiger charge is -2.21. The first-order valence-corrected chi connectivity index (χ1v) is 10.3. The lowest BCUT2D eigenvalue weighted by molar-refractivity contribution is 0.0953. The van der Waals surface area contributed by atoms with Gasteiger partial charge in [0.1, 0.15) is 0 Å². The summed E-state index contributed by atoms with van der Waals surface area (Å²) in [5, 5.41) is 6.61. The van der Waals surface area contributed by atoms with Crippen LogP contribution in [-0.2, 0) is 16.4 Å². The van der Waals surface area contributed by atoms with E-state index in [1.165, 1.54) is 29.6 Å². The van der Waals surface area contributed by atoms with E-state index in [4.69, 9.17) is 16.1 Å². The number of hydrogen-bond donors (Lipinski definition) is 1. The number of aryl methyl sites for hydroxylation is 2. The molecule has 27 heavy (non-hydrogen) atoms. The van der Waals surface area contributed by atoms with Crippen LogP contribution in [0.25, 0.3) is 0 Å². The van der Waals surface area contributed by atoms with Gasteiger partial charge in [-0.3, -0.25) is 4.79 Å². The maximum absolute atomic E-state index is 12.6. The topological polar surface area (TPSA) is 105 Å². The van der Waals surface area contributed by atoms with E-state index in [2.05, 4.69) is 15.5 Å². The quantitative estimate of drug-likeness (QED) is 0.665. The maximum atomic E-state index is 12.6. The Bertz CT molecular complexity index is 911. The predicted octanol–water partition coefficient (Wildman–Crippen LogP) is 2.42. The van der Waals surface area contributed by atoms with Gasteiger partial charge in [0.2, 0.25) is 15.9 Å². The summed E-state index contributed by atoms with van der Waals surface area (Å²) in [4.78, 5) is 16.5. The Labute approximate surface area is 163 Å². The van der Waals surface area contributed by atoms with Crippen molar-refractivity contribution in [1.82, 2.24) is 19.8 Å². The summed E-state index contributed by atoms with van der Waals surface area (Å²) in [6, 6.07) is 3.90. The highest BCUT2D eigenvalue weighted by Crippen LogP contribution is 2.23. The highest BCUT2D eigenvalue weighted by molar-refractivity contribution is 7.89. The summed E-state index contributed by atoms with van der Waals surface area (Å²) in [6.07, 6.45) is 1.13. The number of carbonyl (C=O) groups is 1. The Morgan fingerprint density at radius 3 is 2.67 bits per heavy atom. The molecule has 148 valence electrons. The van der Waals surface area contributed by atoms with Crippen molar-refractivity contribution in [2.24, 2.45) is 0 Å². The summed E-state index contributed by atoms with van der Waals surface area (Å²) >= 11 is 6.09. The van der Waals surface area contributed by atoms with E-state index in [0.29, 0.717) is 31.1 Å². The number of amides is 1. The molecule has 0 aliphatic heterocycles. The zero-order valence-electron chi connectivity index (χ0n) is 15.7. The second kappa shape index (κ2) is 8.81. The van der Waals surface area contributed by atoms with Crippen molar-refractivity contribution in [1.29, 1.82) is 0 Å². The minimum atomic E-state index is -3.70. The van der Waals surface area contributed by atoms with Crippen molar-refractivity contribution in [3.8, 4) is 0 Å². The van der Waals surface area contributed by atoms with Crippen LogP contribution in [0.1, 0.15) is 42.3 Å². The summed E-state index contributed by atoms with van der Waals surface area (Å²) in [7, 11) is -2.21. The molecule has 1 heterocycles. The van der Waals surface area contributed by atoms with Gasteiger partial charge in [-0.05, 0) is 45.4 Å². The first-order valence-electron chi connectivity index (χ1n) is 8.48. The average molecular weight is 415 g/mol. The molecule has 8 nitrogen and oxygen atoms in total. The molecule has 1 aromatic carbocycles. The fraction of sp³-hybridized carbons (Fsp3) is 0.471. The highest BCUT2D eigenvalue weighted by Gasteiger charge is 2.25. The molecule has 2 rings (SSSR count). The average Bonchev–Trinajstić information content (AvgIpc) is 3.03. The van der Waals surface area contributed by atoms with Gasteiger partial charge in [0.05, 0.1) is 15.5 Å². The Kier molecular flexibility index (Phi) is 6.96. The number of rotatable bonds is 8. The molecule has 10 heteroatoms. The number of benzene rings is 1. The first-order chi connectivity index (χ1) is 12.6. The van der Waals surface area contributed by atoms with Gasteiger partial charge in [-0.1, -0.05) is 16.8 Å². The van der Waals surface area contributed by atoms with Gasteiger partial charge in [0.25, 0.3) is 5.91 Å². The number of halogens is 1. The van der Waals surface area contributed by atoms with Crippen LogP contribution in [-0.4, -0.2) is 48.4 Å². The van der Waals surface area contributed by atoms with Crippen LogP contribution in [0.4, 0.5) is 0 Å². The third-order valence-electron chi connectivity index (χ3n) is 4.01. The largest absolute Gasteiger partial charge is 0.352 e. The van der Waals surface area contributed by atoms with Gasteiger partial charge in [-0.15, -0.1) is 0 Å². The number of nitrogens with zero attached hydrogens (tertiary/aromatic N) is 3. The molecule has 1 aromatic heterocycles. The molecule has 2 aromatic rings. The number of hydrogen-bond acceptors (Lipinski definition) is 6. The van der Waals surface area contributed by atoms with E-state index in [-0.39, 0.29) is 21.5 Å². The molecule has 0 saturated carbocycles. The van der Waals surface area contributed by atoms with Gasteiger partial charge in [0.15, 0.2) is 5.82 Å². The molecule has 0 radical (unpaired) electrons. The molecule has 0 aliphatic carbocycles. The Morgan fingerprint density at radius 1 is 1.37 bits per heavy atom. The van der Waals surface area contributed by atoms with E-state index in [9.17, 15) is 13.2 Å². The molecule has 1 N–H and O–H groups in total. The number of sulfonamides is 1. The molecule has 1 amide bonds. The molecule has 0 aliphatic rings. The second-order valence-corrected chi connectivity index (χ2v) is 8.76. The van der Waals surface area contributed by atoms with Gasteiger partial charge >= 0.3 is 0 Å². The van der Waals surface area contributed by atoms with Gasteiger partial charge in [-0.25, -0.2) is 8.42 Å². The second-order valence-electron chi connectivity index (χ2n) is 6.35. The van der Waals surface area contributed by atoms with Crippen LogP contribution in [0.15, 0.2) is 27.6 Å². The molecule has 0 saturated heterocycles. The van der Waals surface area contributed by atoms with E-state index >= 15 is 0 Å². The standard InChI is InChI=1S/C17H23ClN4O4S/c1-11(2)22(4)27(24,25)13-7-8-15(18)14(10-13)17(23)19-9-5-6-16-20-12(3)21-26-16/h7-8,10-11H,5-6,9H2,1-4H3,(H,19,23). The van der Waals surface area contributed by atoms with E-state index < -0.39 is 15.9 Å². The third-order valence-corrected chi connectivity index (χ3v) is 6.37. The van der Waals surface area contributed by atoms with E-state index in [0.717, 1.165) is 0 Å². The fourth-order valence-electron chi connectivity index (χ4n) is 2.26. The summed E-state index contributed by atoms with van der Waals surface area (Å²) in [6.45, 7) is 5.63. The van der Waals surface area contributed by atoms with Crippen LogP contribution in [0, 0.1) is 6.92 Å². The molecule has 0 atom stereocenters. The first kappa shape index (κ1) is 21.3. The molecular weight excluding hydrogens is 392 g/mol. The van der Waals surface area contributed by atoms with Crippen LogP contribution in [0.2, 0.25) is 5.02 Å². The Morgan fingerprint density at radius 2 is 2.07 bits per heavy atom. The lowest BCUT2D eigenvalue weighted by Crippen LogP contribution is -2.33. The maximum Gasteiger partial charge on any atom is 0.252 e. The number of carbonyl (C=O) groups excluding carboxylic acids is 1.